The van der Waals surface area contributed by atoms with Gasteiger partial charge in [0.25, 0.3) is 0 Å². The first-order chi connectivity index (χ1) is 6.95. The summed E-state index contributed by atoms with van der Waals surface area (Å²) in [5, 5.41) is 3.29. The molecule has 88 valence electrons. The third-order valence-electron chi connectivity index (χ3n) is 3.52. The van der Waals surface area contributed by atoms with Gasteiger partial charge in [-0.25, -0.2) is 0 Å². The molecule has 1 heterocycles. The first kappa shape index (κ1) is 11.3. The van der Waals surface area contributed by atoms with Gasteiger partial charge in [0.15, 0.2) is 0 Å². The van der Waals surface area contributed by atoms with Gasteiger partial charge < -0.3 is 4.74 Å². The van der Waals surface area contributed by atoms with Gasteiger partial charge in [-0.05, 0) is 0 Å². The van der Waals surface area contributed by atoms with Crippen molar-refractivity contribution >= 4 is 0 Å². The van der Waals surface area contributed by atoms with Crippen molar-refractivity contribution in [3.8, 4) is 0 Å². The van der Waals surface area contributed by atoms with Crippen molar-refractivity contribution in [2.24, 2.45) is 10.8 Å². The lowest BCUT2D eigenvalue weighted by atomic mass is 9.63. The Balaban J connectivity index is 1.93. The maximum Gasteiger partial charge on any atom is 0.120 e. The van der Waals surface area contributed by atoms with Gasteiger partial charge in [0.05, 0.1) is 20.0 Å². The van der Waals surface area contributed by atoms with Crippen molar-refractivity contribution in [2.45, 2.75) is 32.4 Å². The number of hydrogen-bond acceptors (Lipinski definition) is 2. The lowest BCUT2D eigenvalue weighted by molar-refractivity contribution is -0.234. The summed E-state index contributed by atoms with van der Waals surface area (Å²) in [5.41, 5.74) is -1.09. The molecule has 4 heteroatoms. The Morgan fingerprint density at radius 3 is 2.20 bits per heavy atom. The van der Waals surface area contributed by atoms with Gasteiger partial charge in [-0.15, -0.1) is 0 Å². The summed E-state index contributed by atoms with van der Waals surface area (Å²) in [7, 11) is 0. The van der Waals surface area contributed by atoms with Crippen molar-refractivity contribution < 1.29 is 13.5 Å². The SMILES string of the molecule is CC1(C)CNC2(CC(CF)(CF)C2)OC1. The van der Waals surface area contributed by atoms with Crippen molar-refractivity contribution in [3.63, 3.8) is 0 Å². The highest BCUT2D eigenvalue weighted by molar-refractivity contribution is 5.06. The van der Waals surface area contributed by atoms with E-state index >= 15 is 0 Å². The highest BCUT2D eigenvalue weighted by Crippen LogP contribution is 2.51. The zero-order chi connectivity index (χ0) is 11.2. The minimum absolute atomic E-state index is 0.120. The zero-order valence-corrected chi connectivity index (χ0v) is 9.41. The van der Waals surface area contributed by atoms with Crippen LogP contribution in [0.5, 0.6) is 0 Å². The van der Waals surface area contributed by atoms with Gasteiger partial charge in [0, 0.05) is 30.2 Å². The third kappa shape index (κ3) is 1.89. The smallest absolute Gasteiger partial charge is 0.120 e. The van der Waals surface area contributed by atoms with Crippen LogP contribution in [0.15, 0.2) is 0 Å². The van der Waals surface area contributed by atoms with Crippen LogP contribution < -0.4 is 5.32 Å². The van der Waals surface area contributed by atoms with Gasteiger partial charge >= 0.3 is 0 Å². The van der Waals surface area contributed by atoms with Crippen LogP contribution in [0.2, 0.25) is 0 Å². The number of nitrogens with one attached hydrogen (secondary N) is 1. The summed E-state index contributed by atoms with van der Waals surface area (Å²) in [6.07, 6.45) is 0.923. The molecule has 1 saturated heterocycles. The lowest BCUT2D eigenvalue weighted by Crippen LogP contribution is -2.68. The molecule has 1 spiro atoms. The summed E-state index contributed by atoms with van der Waals surface area (Å²) in [6.45, 7) is 4.57. The predicted molar refractivity (Wildman–Crippen MR) is 54.1 cm³/mol. The van der Waals surface area contributed by atoms with E-state index in [0.717, 1.165) is 6.54 Å². The topological polar surface area (TPSA) is 21.3 Å². The summed E-state index contributed by atoms with van der Waals surface area (Å²) < 4.78 is 31.1. The van der Waals surface area contributed by atoms with E-state index in [1.165, 1.54) is 0 Å². The monoisotopic (exact) mass is 219 g/mol. The largest absolute Gasteiger partial charge is 0.360 e. The summed E-state index contributed by atoms with van der Waals surface area (Å²) in [6, 6.07) is 0. The molecule has 1 N–H and O–H groups in total. The van der Waals surface area contributed by atoms with Gasteiger partial charge in [-0.2, -0.15) is 0 Å². The molecular formula is C11H19F2NO. The van der Waals surface area contributed by atoms with E-state index < -0.39 is 24.5 Å². The Hall–Kier alpha value is -0.220. The van der Waals surface area contributed by atoms with E-state index in [0.29, 0.717) is 19.4 Å². The minimum atomic E-state index is -0.769. The number of rotatable bonds is 2. The number of alkyl halides is 2. The van der Waals surface area contributed by atoms with E-state index in [4.69, 9.17) is 4.74 Å². The molecule has 2 nitrogen and oxygen atoms in total. The minimum Gasteiger partial charge on any atom is -0.360 e. The normalized spacial score (nSPS) is 31.2. The summed E-state index contributed by atoms with van der Waals surface area (Å²) >= 11 is 0. The maximum atomic E-state index is 12.7. The van der Waals surface area contributed by atoms with Gasteiger partial charge in [0.1, 0.15) is 5.72 Å². The fraction of sp³-hybridized carbons (Fsp3) is 1.00. The lowest BCUT2D eigenvalue weighted by Gasteiger charge is -2.57. The highest BCUT2D eigenvalue weighted by atomic mass is 19.1. The molecule has 2 fully saturated rings. The predicted octanol–water partition coefficient (Wildman–Crippen LogP) is 2.05. The van der Waals surface area contributed by atoms with Crippen LogP contribution >= 0.6 is 0 Å². The Morgan fingerprint density at radius 1 is 1.20 bits per heavy atom. The van der Waals surface area contributed by atoms with E-state index in [1.54, 1.807) is 0 Å². The molecule has 0 aromatic carbocycles. The molecule has 2 aliphatic rings. The standard InChI is InChI=1S/C11H19F2NO/c1-9(2)7-14-11(15-8-9)3-10(4-11,5-12)6-13/h14H,3-8H2,1-2H3. The van der Waals surface area contributed by atoms with Crippen molar-refractivity contribution in [1.82, 2.24) is 5.32 Å². The van der Waals surface area contributed by atoms with Crippen LogP contribution in [0.1, 0.15) is 26.7 Å². The van der Waals surface area contributed by atoms with E-state index in [2.05, 4.69) is 19.2 Å². The number of halogens is 2. The molecule has 1 saturated carbocycles. The van der Waals surface area contributed by atoms with Crippen molar-refractivity contribution in [2.75, 3.05) is 26.5 Å². The summed E-state index contributed by atoms with van der Waals surface area (Å²) in [4.78, 5) is 0. The first-order valence-electron chi connectivity index (χ1n) is 5.46. The number of ether oxygens (including phenoxy) is 1. The average molecular weight is 219 g/mol. The van der Waals surface area contributed by atoms with Gasteiger partial charge in [-0.3, -0.25) is 14.1 Å². The molecule has 0 aromatic rings. The Morgan fingerprint density at radius 2 is 1.80 bits per heavy atom. The molecule has 0 radical (unpaired) electrons. The molecule has 0 bridgehead atoms. The quantitative estimate of drug-likeness (QED) is 0.767. The van der Waals surface area contributed by atoms with E-state index in [9.17, 15) is 8.78 Å². The highest BCUT2D eigenvalue weighted by Gasteiger charge is 2.57. The Kier molecular flexibility index (Phi) is 2.54. The molecule has 2 rings (SSSR count). The van der Waals surface area contributed by atoms with Crippen LogP contribution in [-0.4, -0.2) is 32.2 Å². The fourth-order valence-electron chi connectivity index (χ4n) is 2.45. The zero-order valence-electron chi connectivity index (χ0n) is 9.41. The average Bonchev–Trinajstić information content (AvgIpc) is 2.16. The first-order valence-corrected chi connectivity index (χ1v) is 5.46. The molecule has 0 amide bonds. The molecule has 0 atom stereocenters. The van der Waals surface area contributed by atoms with Crippen LogP contribution in [-0.2, 0) is 4.74 Å². The second-order valence-electron chi connectivity index (χ2n) is 5.92. The van der Waals surface area contributed by atoms with Gasteiger partial charge in [-0.1, -0.05) is 13.8 Å². The van der Waals surface area contributed by atoms with Crippen LogP contribution in [0.3, 0.4) is 0 Å². The molecular weight excluding hydrogens is 200 g/mol. The Labute approximate surface area is 89.4 Å². The second-order valence-corrected chi connectivity index (χ2v) is 5.92. The van der Waals surface area contributed by atoms with Crippen molar-refractivity contribution in [3.05, 3.63) is 0 Å². The molecule has 1 aliphatic carbocycles. The third-order valence-corrected chi connectivity index (χ3v) is 3.52. The fourth-order valence-corrected chi connectivity index (χ4v) is 2.45. The summed E-state index contributed by atoms with van der Waals surface area (Å²) in [5.74, 6) is 0. The second kappa shape index (κ2) is 3.39. The Bertz CT molecular complexity index is 231. The van der Waals surface area contributed by atoms with E-state index in [1.807, 2.05) is 0 Å². The van der Waals surface area contributed by atoms with E-state index in [-0.39, 0.29) is 5.41 Å². The number of hydrogen-bond donors (Lipinski definition) is 1. The molecule has 0 aromatic heterocycles. The maximum absolute atomic E-state index is 12.7. The molecule has 15 heavy (non-hydrogen) atoms. The van der Waals surface area contributed by atoms with Crippen LogP contribution in [0, 0.1) is 10.8 Å². The van der Waals surface area contributed by atoms with Gasteiger partial charge in [0.2, 0.25) is 0 Å². The molecule has 0 unspecified atom stereocenters. The molecule has 1 aliphatic heterocycles. The van der Waals surface area contributed by atoms with Crippen LogP contribution in [0.25, 0.3) is 0 Å². The van der Waals surface area contributed by atoms with Crippen molar-refractivity contribution in [1.29, 1.82) is 0 Å². The van der Waals surface area contributed by atoms with Crippen LogP contribution in [0.4, 0.5) is 8.78 Å².